The summed E-state index contributed by atoms with van der Waals surface area (Å²) < 4.78 is 26.6. The number of halogens is 3. The molecule has 0 aliphatic heterocycles. The summed E-state index contributed by atoms with van der Waals surface area (Å²) >= 11 is 5.79. The van der Waals surface area contributed by atoms with E-state index in [-0.39, 0.29) is 10.6 Å². The van der Waals surface area contributed by atoms with E-state index in [0.29, 0.717) is 12.2 Å². The molecule has 2 aromatic rings. The minimum Gasteiger partial charge on any atom is -0.309 e. The van der Waals surface area contributed by atoms with Gasteiger partial charge in [-0.25, -0.2) is 8.78 Å². The lowest BCUT2D eigenvalue weighted by molar-refractivity contribution is 0.0984. The standard InChI is InChI=1S/C15H12ClF2NO/c1-2-19(12-6-4-11(17)5-7-12)15(20)13-9-10(16)3-8-14(13)18/h3-9H,2H2,1H3. The molecule has 0 saturated heterocycles. The van der Waals surface area contributed by atoms with Gasteiger partial charge < -0.3 is 4.90 Å². The Bertz CT molecular complexity index is 628. The fourth-order valence-corrected chi connectivity index (χ4v) is 2.04. The number of hydrogen-bond acceptors (Lipinski definition) is 1. The van der Waals surface area contributed by atoms with Crippen molar-refractivity contribution in [1.82, 2.24) is 0 Å². The molecule has 0 unspecified atom stereocenters. The van der Waals surface area contributed by atoms with Crippen molar-refractivity contribution in [3.05, 3.63) is 64.7 Å². The molecule has 0 heterocycles. The van der Waals surface area contributed by atoms with Crippen molar-refractivity contribution in [2.45, 2.75) is 6.92 Å². The maximum Gasteiger partial charge on any atom is 0.261 e. The van der Waals surface area contributed by atoms with Crippen LogP contribution in [0.2, 0.25) is 5.02 Å². The van der Waals surface area contributed by atoms with Crippen LogP contribution in [0.15, 0.2) is 42.5 Å². The highest BCUT2D eigenvalue weighted by molar-refractivity contribution is 6.31. The van der Waals surface area contributed by atoms with Crippen LogP contribution in [0.4, 0.5) is 14.5 Å². The van der Waals surface area contributed by atoms with Crippen molar-refractivity contribution in [2.24, 2.45) is 0 Å². The molecule has 0 bridgehead atoms. The van der Waals surface area contributed by atoms with Gasteiger partial charge in [0.1, 0.15) is 11.6 Å². The van der Waals surface area contributed by atoms with Crippen molar-refractivity contribution in [3.8, 4) is 0 Å². The first-order valence-corrected chi connectivity index (χ1v) is 6.43. The molecular formula is C15H12ClF2NO. The quantitative estimate of drug-likeness (QED) is 0.827. The highest BCUT2D eigenvalue weighted by Gasteiger charge is 2.19. The van der Waals surface area contributed by atoms with Gasteiger partial charge in [0.2, 0.25) is 0 Å². The Morgan fingerprint density at radius 2 is 1.80 bits per heavy atom. The molecule has 0 aliphatic carbocycles. The van der Waals surface area contributed by atoms with Crippen LogP contribution in [0, 0.1) is 11.6 Å². The third kappa shape index (κ3) is 2.96. The fraction of sp³-hybridized carbons (Fsp3) is 0.133. The topological polar surface area (TPSA) is 20.3 Å². The van der Waals surface area contributed by atoms with Crippen LogP contribution in [0.1, 0.15) is 17.3 Å². The Hall–Kier alpha value is -1.94. The Kier molecular flexibility index (Phi) is 4.35. The number of anilines is 1. The molecule has 0 N–H and O–H groups in total. The molecule has 0 atom stereocenters. The summed E-state index contributed by atoms with van der Waals surface area (Å²) in [5, 5.41) is 0.282. The van der Waals surface area contributed by atoms with E-state index in [1.807, 2.05) is 0 Å². The van der Waals surface area contributed by atoms with Crippen molar-refractivity contribution in [3.63, 3.8) is 0 Å². The average Bonchev–Trinajstić information content (AvgIpc) is 2.44. The van der Waals surface area contributed by atoms with Crippen molar-refractivity contribution < 1.29 is 13.6 Å². The predicted octanol–water partition coefficient (Wildman–Crippen LogP) is 4.28. The lowest BCUT2D eigenvalue weighted by Crippen LogP contribution is -2.31. The van der Waals surface area contributed by atoms with Crippen LogP contribution >= 0.6 is 11.6 Å². The van der Waals surface area contributed by atoms with Gasteiger partial charge >= 0.3 is 0 Å². The van der Waals surface area contributed by atoms with Gasteiger partial charge in [0.05, 0.1) is 5.56 Å². The zero-order valence-corrected chi connectivity index (χ0v) is 11.5. The molecule has 0 spiro atoms. The highest BCUT2D eigenvalue weighted by atomic mass is 35.5. The van der Waals surface area contributed by atoms with Gasteiger partial charge in [-0.05, 0) is 49.4 Å². The van der Waals surface area contributed by atoms with Crippen LogP contribution < -0.4 is 4.90 Å². The molecule has 5 heteroatoms. The van der Waals surface area contributed by atoms with E-state index in [9.17, 15) is 13.6 Å². The first-order chi connectivity index (χ1) is 9.52. The molecule has 2 aromatic carbocycles. The van der Waals surface area contributed by atoms with E-state index < -0.39 is 17.5 Å². The van der Waals surface area contributed by atoms with Gasteiger partial charge in [0.15, 0.2) is 0 Å². The van der Waals surface area contributed by atoms with Crippen LogP contribution in [0.25, 0.3) is 0 Å². The Balaban J connectivity index is 2.38. The summed E-state index contributed by atoms with van der Waals surface area (Å²) in [4.78, 5) is 13.7. The summed E-state index contributed by atoms with van der Waals surface area (Å²) in [5.74, 6) is -1.55. The average molecular weight is 296 g/mol. The SMILES string of the molecule is CCN(C(=O)c1cc(Cl)ccc1F)c1ccc(F)cc1. The van der Waals surface area contributed by atoms with E-state index in [2.05, 4.69) is 0 Å². The van der Waals surface area contributed by atoms with Crippen molar-refractivity contribution in [2.75, 3.05) is 11.4 Å². The number of carbonyl (C=O) groups is 1. The van der Waals surface area contributed by atoms with E-state index in [1.54, 1.807) is 6.92 Å². The van der Waals surface area contributed by atoms with Crippen LogP contribution in [0.3, 0.4) is 0 Å². The summed E-state index contributed by atoms with van der Waals surface area (Å²) in [6.45, 7) is 2.08. The Morgan fingerprint density at radius 3 is 2.40 bits per heavy atom. The van der Waals surface area contributed by atoms with Crippen LogP contribution in [-0.2, 0) is 0 Å². The van der Waals surface area contributed by atoms with Crippen molar-refractivity contribution >= 4 is 23.2 Å². The molecule has 0 radical (unpaired) electrons. The number of carbonyl (C=O) groups excluding carboxylic acids is 1. The Morgan fingerprint density at radius 1 is 1.15 bits per heavy atom. The Labute approximate surface area is 120 Å². The third-order valence-electron chi connectivity index (χ3n) is 2.86. The second-order valence-electron chi connectivity index (χ2n) is 4.15. The molecular weight excluding hydrogens is 284 g/mol. The summed E-state index contributed by atoms with van der Waals surface area (Å²) in [5.41, 5.74) is 0.391. The molecule has 0 saturated carbocycles. The number of hydrogen-bond donors (Lipinski definition) is 0. The largest absolute Gasteiger partial charge is 0.309 e. The van der Waals surface area contributed by atoms with E-state index in [1.165, 1.54) is 41.3 Å². The van der Waals surface area contributed by atoms with Gasteiger partial charge in [0.25, 0.3) is 5.91 Å². The molecule has 2 nitrogen and oxygen atoms in total. The first kappa shape index (κ1) is 14.5. The monoisotopic (exact) mass is 295 g/mol. The normalized spacial score (nSPS) is 10.4. The lowest BCUT2D eigenvalue weighted by Gasteiger charge is -2.21. The number of amides is 1. The first-order valence-electron chi connectivity index (χ1n) is 6.05. The zero-order valence-electron chi connectivity index (χ0n) is 10.7. The number of nitrogens with zero attached hydrogens (tertiary/aromatic N) is 1. The van der Waals surface area contributed by atoms with E-state index >= 15 is 0 Å². The highest BCUT2D eigenvalue weighted by Crippen LogP contribution is 2.21. The predicted molar refractivity (Wildman–Crippen MR) is 75.2 cm³/mol. The maximum absolute atomic E-state index is 13.7. The summed E-state index contributed by atoms with van der Waals surface area (Å²) in [6.07, 6.45) is 0. The zero-order chi connectivity index (χ0) is 14.7. The maximum atomic E-state index is 13.7. The summed E-state index contributed by atoms with van der Waals surface area (Å²) in [7, 11) is 0. The third-order valence-corrected chi connectivity index (χ3v) is 3.09. The minimum atomic E-state index is -0.639. The number of rotatable bonds is 3. The molecule has 0 aromatic heterocycles. The van der Waals surface area contributed by atoms with Gasteiger partial charge in [-0.1, -0.05) is 11.6 Å². The smallest absolute Gasteiger partial charge is 0.261 e. The molecule has 104 valence electrons. The second-order valence-corrected chi connectivity index (χ2v) is 4.59. The van der Waals surface area contributed by atoms with Crippen LogP contribution in [0.5, 0.6) is 0 Å². The van der Waals surface area contributed by atoms with Crippen molar-refractivity contribution in [1.29, 1.82) is 0 Å². The molecule has 0 aliphatic rings. The van der Waals surface area contributed by atoms with Gasteiger partial charge in [-0.3, -0.25) is 4.79 Å². The minimum absolute atomic E-state index is 0.108. The summed E-state index contributed by atoms with van der Waals surface area (Å²) in [6, 6.07) is 9.25. The van der Waals surface area contributed by atoms with E-state index in [4.69, 9.17) is 11.6 Å². The molecule has 1 amide bonds. The van der Waals surface area contributed by atoms with E-state index in [0.717, 1.165) is 6.07 Å². The lowest BCUT2D eigenvalue weighted by atomic mass is 10.1. The number of benzene rings is 2. The van der Waals surface area contributed by atoms with Gasteiger partial charge in [-0.15, -0.1) is 0 Å². The van der Waals surface area contributed by atoms with Gasteiger partial charge in [-0.2, -0.15) is 0 Å². The second kappa shape index (κ2) is 6.01. The van der Waals surface area contributed by atoms with Gasteiger partial charge in [0, 0.05) is 17.3 Å². The fourth-order valence-electron chi connectivity index (χ4n) is 1.87. The molecule has 2 rings (SSSR count). The molecule has 0 fully saturated rings. The molecule has 20 heavy (non-hydrogen) atoms. The van der Waals surface area contributed by atoms with Crippen LogP contribution in [-0.4, -0.2) is 12.5 Å².